The minimum atomic E-state index is 0.353. The summed E-state index contributed by atoms with van der Waals surface area (Å²) < 4.78 is 1.17. The monoisotopic (exact) mass is 266 g/mol. The van der Waals surface area contributed by atoms with Crippen LogP contribution in [-0.2, 0) is 6.42 Å². The number of hydrogen-bond acceptors (Lipinski definition) is 2. The predicted octanol–water partition coefficient (Wildman–Crippen LogP) is 2.30. The fourth-order valence-corrected chi connectivity index (χ4v) is 3.14. The van der Waals surface area contributed by atoms with Gasteiger partial charge in [0.1, 0.15) is 0 Å². The van der Waals surface area contributed by atoms with Crippen molar-refractivity contribution in [2.24, 2.45) is 5.73 Å². The lowest BCUT2D eigenvalue weighted by Gasteiger charge is -2.35. The minimum absolute atomic E-state index is 0.353. The number of rotatable bonds is 0. The van der Waals surface area contributed by atoms with Crippen LogP contribution in [0.25, 0.3) is 0 Å². The van der Waals surface area contributed by atoms with Gasteiger partial charge in [-0.15, -0.1) is 0 Å². The van der Waals surface area contributed by atoms with Crippen molar-refractivity contribution in [3.05, 3.63) is 28.2 Å². The SMILES string of the molecule is NC1CCC2Cc3ccc(Br)cc3N2C1. The summed E-state index contributed by atoms with van der Waals surface area (Å²) in [6.45, 7) is 1.02. The number of nitrogens with zero attached hydrogens (tertiary/aromatic N) is 1. The van der Waals surface area contributed by atoms with Crippen molar-refractivity contribution in [2.75, 3.05) is 11.4 Å². The third-order valence-corrected chi connectivity index (χ3v) is 4.05. The van der Waals surface area contributed by atoms with Gasteiger partial charge in [0.2, 0.25) is 0 Å². The molecule has 0 saturated carbocycles. The Hall–Kier alpha value is -0.540. The van der Waals surface area contributed by atoms with Crippen LogP contribution in [-0.4, -0.2) is 18.6 Å². The van der Waals surface area contributed by atoms with E-state index < -0.39 is 0 Å². The van der Waals surface area contributed by atoms with Crippen LogP contribution in [0.1, 0.15) is 18.4 Å². The highest BCUT2D eigenvalue weighted by Crippen LogP contribution is 2.38. The largest absolute Gasteiger partial charge is 0.366 e. The molecule has 0 aromatic heterocycles. The Morgan fingerprint density at radius 1 is 1.33 bits per heavy atom. The van der Waals surface area contributed by atoms with Gasteiger partial charge in [0, 0.05) is 28.8 Å². The second kappa shape index (κ2) is 3.49. The molecule has 15 heavy (non-hydrogen) atoms. The van der Waals surface area contributed by atoms with Gasteiger partial charge in [0.15, 0.2) is 0 Å². The van der Waals surface area contributed by atoms with Crippen LogP contribution in [0.5, 0.6) is 0 Å². The van der Waals surface area contributed by atoms with E-state index in [2.05, 4.69) is 39.0 Å². The summed E-state index contributed by atoms with van der Waals surface area (Å²) in [6, 6.07) is 7.66. The molecule has 1 fully saturated rings. The first-order chi connectivity index (χ1) is 7.24. The molecule has 0 radical (unpaired) electrons. The molecule has 0 spiro atoms. The molecular weight excluding hydrogens is 252 g/mol. The molecule has 2 nitrogen and oxygen atoms in total. The lowest BCUT2D eigenvalue weighted by atomic mass is 9.99. The van der Waals surface area contributed by atoms with Gasteiger partial charge in [0.25, 0.3) is 0 Å². The zero-order chi connectivity index (χ0) is 10.4. The van der Waals surface area contributed by atoms with E-state index in [0.717, 1.165) is 6.54 Å². The highest BCUT2D eigenvalue weighted by Gasteiger charge is 2.33. The Kier molecular flexibility index (Phi) is 2.25. The summed E-state index contributed by atoms with van der Waals surface area (Å²) in [5.74, 6) is 0. The first kappa shape index (κ1) is 9.67. The number of fused-ring (bicyclic) bond motifs is 3. The van der Waals surface area contributed by atoms with E-state index in [1.807, 2.05) is 0 Å². The van der Waals surface area contributed by atoms with Crippen LogP contribution in [0, 0.1) is 0 Å². The summed E-state index contributed by atoms with van der Waals surface area (Å²) in [4.78, 5) is 2.49. The number of hydrogen-bond donors (Lipinski definition) is 1. The highest BCUT2D eigenvalue weighted by atomic mass is 79.9. The minimum Gasteiger partial charge on any atom is -0.366 e. The third kappa shape index (κ3) is 1.58. The maximum Gasteiger partial charge on any atom is 0.0414 e. The van der Waals surface area contributed by atoms with Crippen LogP contribution in [0.2, 0.25) is 0 Å². The van der Waals surface area contributed by atoms with Gasteiger partial charge in [-0.25, -0.2) is 0 Å². The van der Waals surface area contributed by atoms with Crippen LogP contribution in [0.3, 0.4) is 0 Å². The fourth-order valence-electron chi connectivity index (χ4n) is 2.79. The molecule has 2 aliphatic rings. The second-order valence-corrected chi connectivity index (χ2v) is 5.54. The average Bonchev–Trinajstić information content (AvgIpc) is 2.56. The Balaban J connectivity index is 1.98. The molecule has 3 rings (SSSR count). The summed E-state index contributed by atoms with van der Waals surface area (Å²) in [5, 5.41) is 0. The Labute approximate surface area is 98.6 Å². The quantitative estimate of drug-likeness (QED) is 0.781. The van der Waals surface area contributed by atoms with Crippen LogP contribution in [0.15, 0.2) is 22.7 Å². The Bertz CT molecular complexity index is 391. The molecule has 2 heterocycles. The molecule has 1 aromatic carbocycles. The zero-order valence-electron chi connectivity index (χ0n) is 8.62. The summed E-state index contributed by atoms with van der Waals surface area (Å²) in [7, 11) is 0. The Morgan fingerprint density at radius 3 is 3.07 bits per heavy atom. The zero-order valence-corrected chi connectivity index (χ0v) is 10.2. The summed E-state index contributed by atoms with van der Waals surface area (Å²) in [5.41, 5.74) is 8.91. The first-order valence-electron chi connectivity index (χ1n) is 5.54. The van der Waals surface area contributed by atoms with Gasteiger partial charge < -0.3 is 10.6 Å². The number of anilines is 1. The van der Waals surface area contributed by atoms with E-state index in [9.17, 15) is 0 Å². The molecule has 0 aliphatic carbocycles. The first-order valence-corrected chi connectivity index (χ1v) is 6.34. The van der Waals surface area contributed by atoms with Crippen molar-refractivity contribution in [2.45, 2.75) is 31.3 Å². The van der Waals surface area contributed by atoms with Crippen molar-refractivity contribution >= 4 is 21.6 Å². The second-order valence-electron chi connectivity index (χ2n) is 4.62. The lowest BCUT2D eigenvalue weighted by molar-refractivity contribution is 0.433. The van der Waals surface area contributed by atoms with Gasteiger partial charge in [0.05, 0.1) is 0 Å². The van der Waals surface area contributed by atoms with Crippen molar-refractivity contribution in [3.8, 4) is 0 Å². The van der Waals surface area contributed by atoms with E-state index in [1.54, 1.807) is 0 Å². The standard InChI is InChI=1S/C12H15BrN2/c13-9-2-1-8-5-11-4-3-10(14)7-15(11)12(8)6-9/h1-2,6,10-11H,3-5,7,14H2. The number of nitrogens with two attached hydrogens (primary N) is 1. The smallest absolute Gasteiger partial charge is 0.0414 e. The number of halogens is 1. The van der Waals surface area contributed by atoms with E-state index >= 15 is 0 Å². The molecule has 1 aromatic rings. The third-order valence-electron chi connectivity index (χ3n) is 3.55. The highest BCUT2D eigenvalue weighted by molar-refractivity contribution is 9.10. The topological polar surface area (TPSA) is 29.3 Å². The van der Waals surface area contributed by atoms with E-state index in [0.29, 0.717) is 12.1 Å². The molecule has 2 N–H and O–H groups in total. The van der Waals surface area contributed by atoms with E-state index in [-0.39, 0.29) is 0 Å². The molecule has 2 atom stereocenters. The lowest BCUT2D eigenvalue weighted by Crippen LogP contribution is -2.47. The van der Waals surface area contributed by atoms with E-state index in [1.165, 1.54) is 35.0 Å². The van der Waals surface area contributed by atoms with Crippen molar-refractivity contribution in [1.29, 1.82) is 0 Å². The van der Waals surface area contributed by atoms with Gasteiger partial charge in [-0.2, -0.15) is 0 Å². The maximum atomic E-state index is 6.03. The molecule has 0 amide bonds. The molecule has 3 heteroatoms. The normalized spacial score (nSPS) is 28.8. The summed E-state index contributed by atoms with van der Waals surface area (Å²) >= 11 is 3.54. The molecular formula is C12H15BrN2. The average molecular weight is 267 g/mol. The number of benzene rings is 1. The van der Waals surface area contributed by atoms with Crippen molar-refractivity contribution < 1.29 is 0 Å². The fraction of sp³-hybridized carbons (Fsp3) is 0.500. The van der Waals surface area contributed by atoms with Crippen LogP contribution in [0.4, 0.5) is 5.69 Å². The molecule has 80 valence electrons. The van der Waals surface area contributed by atoms with Crippen LogP contribution >= 0.6 is 15.9 Å². The van der Waals surface area contributed by atoms with Crippen molar-refractivity contribution in [1.82, 2.24) is 0 Å². The maximum absolute atomic E-state index is 6.03. The van der Waals surface area contributed by atoms with Gasteiger partial charge in [-0.3, -0.25) is 0 Å². The summed E-state index contributed by atoms with van der Waals surface area (Å²) in [6.07, 6.45) is 3.62. The van der Waals surface area contributed by atoms with E-state index in [4.69, 9.17) is 5.73 Å². The van der Waals surface area contributed by atoms with Gasteiger partial charge in [-0.05, 0) is 37.0 Å². The molecule has 2 aliphatic heterocycles. The molecule has 2 unspecified atom stereocenters. The predicted molar refractivity (Wildman–Crippen MR) is 66.2 cm³/mol. The Morgan fingerprint density at radius 2 is 2.20 bits per heavy atom. The van der Waals surface area contributed by atoms with Crippen molar-refractivity contribution in [3.63, 3.8) is 0 Å². The van der Waals surface area contributed by atoms with Crippen LogP contribution < -0.4 is 10.6 Å². The van der Waals surface area contributed by atoms with Gasteiger partial charge in [-0.1, -0.05) is 22.0 Å². The number of piperidine rings is 1. The molecule has 1 saturated heterocycles. The molecule has 0 bridgehead atoms. The van der Waals surface area contributed by atoms with Gasteiger partial charge >= 0.3 is 0 Å².